The fraction of sp³-hybridized carbons (Fsp3) is 0.533. The molecule has 0 saturated heterocycles. The van der Waals surface area contributed by atoms with E-state index < -0.39 is 6.04 Å². The van der Waals surface area contributed by atoms with Gasteiger partial charge in [-0.1, -0.05) is 26.8 Å². The molecule has 0 aromatic heterocycles. The largest absolute Gasteiger partial charge is 0.496 e. The fourth-order valence-electron chi connectivity index (χ4n) is 1.88. The number of aryl methyl sites for hydroxylation is 1. The Bertz CT molecular complexity index is 476. The second-order valence-electron chi connectivity index (χ2n) is 5.92. The lowest BCUT2D eigenvalue weighted by Crippen LogP contribution is -2.45. The van der Waals surface area contributed by atoms with Gasteiger partial charge < -0.3 is 15.8 Å². The highest BCUT2D eigenvalue weighted by atomic mass is 16.5. The average molecular weight is 264 g/mol. The number of carbonyl (C=O) groups is 1. The Kier molecular flexibility index (Phi) is 4.58. The van der Waals surface area contributed by atoms with E-state index in [0.717, 1.165) is 22.6 Å². The third kappa shape index (κ3) is 3.47. The van der Waals surface area contributed by atoms with Crippen LogP contribution in [-0.2, 0) is 4.79 Å². The highest BCUT2D eigenvalue weighted by Crippen LogP contribution is 2.29. The molecule has 106 valence electrons. The number of nitrogens with two attached hydrogens (primary N) is 1. The first-order valence-electron chi connectivity index (χ1n) is 6.39. The molecule has 1 atom stereocenters. The summed E-state index contributed by atoms with van der Waals surface area (Å²) in [5.41, 5.74) is 8.37. The standard InChI is InChI=1S/C15H24N2O2/c1-9-7-8-11(10(2)12(9)19-6)17-14(18)13(16)15(3,4)5/h7-8,13H,16H2,1-6H3,(H,17,18)/t13-/m0/s1. The summed E-state index contributed by atoms with van der Waals surface area (Å²) in [6.07, 6.45) is 0. The second kappa shape index (κ2) is 5.61. The summed E-state index contributed by atoms with van der Waals surface area (Å²) in [5, 5.41) is 2.87. The Morgan fingerprint density at radius 2 is 1.89 bits per heavy atom. The highest BCUT2D eigenvalue weighted by molar-refractivity contribution is 5.96. The molecule has 4 heteroatoms. The molecule has 4 nitrogen and oxygen atoms in total. The van der Waals surface area contributed by atoms with Crippen LogP contribution in [0.25, 0.3) is 0 Å². The number of nitrogens with one attached hydrogen (secondary N) is 1. The topological polar surface area (TPSA) is 64.3 Å². The van der Waals surface area contributed by atoms with Crippen molar-refractivity contribution in [1.29, 1.82) is 0 Å². The number of methoxy groups -OCH3 is 1. The van der Waals surface area contributed by atoms with E-state index in [1.54, 1.807) is 7.11 Å². The molecule has 19 heavy (non-hydrogen) atoms. The predicted molar refractivity (Wildman–Crippen MR) is 78.5 cm³/mol. The van der Waals surface area contributed by atoms with E-state index in [2.05, 4.69) is 5.32 Å². The van der Waals surface area contributed by atoms with E-state index in [-0.39, 0.29) is 11.3 Å². The summed E-state index contributed by atoms with van der Waals surface area (Å²) in [5.74, 6) is 0.614. The molecule has 1 rings (SSSR count). The predicted octanol–water partition coefficient (Wildman–Crippen LogP) is 2.62. The smallest absolute Gasteiger partial charge is 0.241 e. The minimum Gasteiger partial charge on any atom is -0.496 e. The van der Waals surface area contributed by atoms with Crippen LogP contribution in [0, 0.1) is 19.3 Å². The summed E-state index contributed by atoms with van der Waals surface area (Å²) in [4.78, 5) is 12.1. The summed E-state index contributed by atoms with van der Waals surface area (Å²) in [6.45, 7) is 9.72. The van der Waals surface area contributed by atoms with Crippen molar-refractivity contribution in [2.75, 3.05) is 12.4 Å². The van der Waals surface area contributed by atoms with Gasteiger partial charge in [0, 0.05) is 11.3 Å². The Morgan fingerprint density at radius 1 is 1.32 bits per heavy atom. The van der Waals surface area contributed by atoms with Gasteiger partial charge in [-0.2, -0.15) is 0 Å². The third-order valence-corrected chi connectivity index (χ3v) is 3.28. The minimum atomic E-state index is -0.556. The van der Waals surface area contributed by atoms with Crippen LogP contribution < -0.4 is 15.8 Å². The van der Waals surface area contributed by atoms with Crippen LogP contribution in [0.3, 0.4) is 0 Å². The molecule has 0 fully saturated rings. The molecule has 0 heterocycles. The summed E-state index contributed by atoms with van der Waals surface area (Å²) in [6, 6.07) is 3.24. The Labute approximate surface area is 115 Å². The van der Waals surface area contributed by atoms with Crippen molar-refractivity contribution < 1.29 is 9.53 Å². The molecule has 0 saturated carbocycles. The molecule has 0 spiro atoms. The maximum absolute atomic E-state index is 12.1. The minimum absolute atomic E-state index is 0.179. The number of hydrogen-bond acceptors (Lipinski definition) is 3. The van der Waals surface area contributed by atoms with Gasteiger partial charge >= 0.3 is 0 Å². The van der Waals surface area contributed by atoms with Gasteiger partial charge in [-0.05, 0) is 30.9 Å². The van der Waals surface area contributed by atoms with Crippen molar-refractivity contribution in [2.45, 2.75) is 40.7 Å². The zero-order valence-electron chi connectivity index (χ0n) is 12.6. The molecule has 1 amide bonds. The zero-order chi connectivity index (χ0) is 14.8. The fourth-order valence-corrected chi connectivity index (χ4v) is 1.88. The number of rotatable bonds is 3. The van der Waals surface area contributed by atoms with E-state index in [9.17, 15) is 4.79 Å². The van der Waals surface area contributed by atoms with Crippen molar-refractivity contribution in [1.82, 2.24) is 0 Å². The number of ether oxygens (including phenoxy) is 1. The van der Waals surface area contributed by atoms with E-state index in [4.69, 9.17) is 10.5 Å². The third-order valence-electron chi connectivity index (χ3n) is 3.28. The van der Waals surface area contributed by atoms with Crippen LogP contribution >= 0.6 is 0 Å². The monoisotopic (exact) mass is 264 g/mol. The van der Waals surface area contributed by atoms with Gasteiger partial charge in [-0.3, -0.25) is 4.79 Å². The molecule has 0 aliphatic heterocycles. The van der Waals surface area contributed by atoms with Gasteiger partial charge in [0.1, 0.15) is 5.75 Å². The summed E-state index contributed by atoms with van der Waals surface area (Å²) < 4.78 is 5.34. The molecule has 1 aromatic rings. The first kappa shape index (κ1) is 15.5. The van der Waals surface area contributed by atoms with Crippen LogP contribution in [-0.4, -0.2) is 19.1 Å². The van der Waals surface area contributed by atoms with E-state index >= 15 is 0 Å². The summed E-state index contributed by atoms with van der Waals surface area (Å²) in [7, 11) is 1.63. The van der Waals surface area contributed by atoms with E-state index in [1.165, 1.54) is 0 Å². The van der Waals surface area contributed by atoms with Crippen molar-refractivity contribution in [3.05, 3.63) is 23.3 Å². The first-order chi connectivity index (χ1) is 8.68. The first-order valence-corrected chi connectivity index (χ1v) is 6.39. The van der Waals surface area contributed by atoms with Gasteiger partial charge in [0.15, 0.2) is 0 Å². The van der Waals surface area contributed by atoms with Crippen molar-refractivity contribution in [3.8, 4) is 5.75 Å². The maximum Gasteiger partial charge on any atom is 0.241 e. The maximum atomic E-state index is 12.1. The molecule has 3 N–H and O–H groups in total. The van der Waals surface area contributed by atoms with Crippen LogP contribution in [0.4, 0.5) is 5.69 Å². The Balaban J connectivity index is 2.98. The lowest BCUT2D eigenvalue weighted by Gasteiger charge is -2.26. The second-order valence-corrected chi connectivity index (χ2v) is 5.92. The Hall–Kier alpha value is -1.55. The van der Waals surface area contributed by atoms with Crippen LogP contribution in [0.5, 0.6) is 5.75 Å². The lowest BCUT2D eigenvalue weighted by molar-refractivity contribution is -0.119. The molecular weight excluding hydrogens is 240 g/mol. The molecule has 0 bridgehead atoms. The molecule has 0 aliphatic rings. The SMILES string of the molecule is COc1c(C)ccc(NC(=O)[C@H](N)C(C)(C)C)c1C. The van der Waals surface area contributed by atoms with Gasteiger partial charge in [0.2, 0.25) is 5.91 Å². The van der Waals surface area contributed by atoms with Crippen LogP contribution in [0.15, 0.2) is 12.1 Å². The number of amides is 1. The molecule has 0 unspecified atom stereocenters. The van der Waals surface area contributed by atoms with Gasteiger partial charge in [0.25, 0.3) is 0 Å². The van der Waals surface area contributed by atoms with E-state index in [0.29, 0.717) is 0 Å². The zero-order valence-corrected chi connectivity index (χ0v) is 12.6. The van der Waals surface area contributed by atoms with Gasteiger partial charge in [0.05, 0.1) is 13.2 Å². The van der Waals surface area contributed by atoms with Crippen molar-refractivity contribution >= 4 is 11.6 Å². The molecule has 1 aromatic carbocycles. The van der Waals surface area contributed by atoms with Crippen molar-refractivity contribution in [2.24, 2.45) is 11.1 Å². The van der Waals surface area contributed by atoms with Crippen LogP contribution in [0.2, 0.25) is 0 Å². The molecule has 0 aliphatic carbocycles. The summed E-state index contributed by atoms with van der Waals surface area (Å²) >= 11 is 0. The average Bonchev–Trinajstić information content (AvgIpc) is 2.31. The number of carbonyl (C=O) groups excluding carboxylic acids is 1. The number of anilines is 1. The number of hydrogen-bond donors (Lipinski definition) is 2. The van der Waals surface area contributed by atoms with Gasteiger partial charge in [-0.25, -0.2) is 0 Å². The number of benzene rings is 1. The Morgan fingerprint density at radius 3 is 2.37 bits per heavy atom. The van der Waals surface area contributed by atoms with Crippen molar-refractivity contribution in [3.63, 3.8) is 0 Å². The van der Waals surface area contributed by atoms with E-state index in [1.807, 2.05) is 46.8 Å². The highest BCUT2D eigenvalue weighted by Gasteiger charge is 2.27. The quantitative estimate of drug-likeness (QED) is 0.882. The molecular formula is C15H24N2O2. The molecule has 0 radical (unpaired) electrons. The van der Waals surface area contributed by atoms with Crippen LogP contribution in [0.1, 0.15) is 31.9 Å². The lowest BCUT2D eigenvalue weighted by atomic mass is 9.87. The normalized spacial score (nSPS) is 13.0. The van der Waals surface area contributed by atoms with Gasteiger partial charge in [-0.15, -0.1) is 0 Å².